The second kappa shape index (κ2) is 24.7. The van der Waals surface area contributed by atoms with Crippen molar-refractivity contribution in [1.29, 1.82) is 0 Å². The van der Waals surface area contributed by atoms with E-state index in [1.54, 1.807) is 37.8 Å². The Morgan fingerprint density at radius 1 is 0.882 bits per heavy atom. The van der Waals surface area contributed by atoms with Gasteiger partial charge in [-0.2, -0.15) is 0 Å². The lowest BCUT2D eigenvalue weighted by Crippen LogP contribution is -2.38. The summed E-state index contributed by atoms with van der Waals surface area (Å²) in [4.78, 5) is 71.3. The lowest BCUT2D eigenvalue weighted by Gasteiger charge is -2.25. The Morgan fingerprint density at radius 2 is 1.50 bits per heavy atom. The number of hydrogen-bond acceptors (Lipinski definition) is 16. The first kappa shape index (κ1) is 52.8. The monoisotopic (exact) mass is 980 g/mol. The number of carbonyl (C=O) groups is 4. The Labute approximate surface area is 403 Å². The van der Waals surface area contributed by atoms with Crippen LogP contribution in [0.2, 0.25) is 0 Å². The van der Waals surface area contributed by atoms with Gasteiger partial charge in [-0.25, -0.2) is 14.6 Å². The molecule has 3 heterocycles. The average molecular weight is 981 g/mol. The molecule has 2 aromatic carbocycles. The van der Waals surface area contributed by atoms with Gasteiger partial charge >= 0.3 is 12.2 Å². The Kier molecular flexibility index (Phi) is 19.2. The first-order valence-corrected chi connectivity index (χ1v) is 24.2. The molecule has 368 valence electrons. The minimum absolute atomic E-state index is 0.0355. The summed E-state index contributed by atoms with van der Waals surface area (Å²) in [5.41, 5.74) is 1.49. The molecule has 2 atom stereocenters. The van der Waals surface area contributed by atoms with Gasteiger partial charge in [0.05, 0.1) is 74.1 Å². The Morgan fingerprint density at radius 3 is 2.03 bits per heavy atom. The number of nitrogens with one attached hydrogen (secondary N) is 2. The number of likely N-dealkylation sites (tertiary alicyclic amines) is 2. The van der Waals surface area contributed by atoms with Crippen LogP contribution in [0, 0.1) is 10.1 Å². The van der Waals surface area contributed by atoms with Crippen LogP contribution in [0.4, 0.5) is 26.7 Å². The molecule has 1 aromatic heterocycles. The van der Waals surface area contributed by atoms with Gasteiger partial charge in [0, 0.05) is 43.1 Å². The zero-order valence-corrected chi connectivity index (χ0v) is 40.9. The summed E-state index contributed by atoms with van der Waals surface area (Å²) in [6.07, 6.45) is 3.15. The first-order valence-electron chi connectivity index (χ1n) is 22.0. The zero-order valence-electron chi connectivity index (χ0n) is 39.3. The lowest BCUT2D eigenvalue weighted by atomic mass is 10.1. The van der Waals surface area contributed by atoms with Gasteiger partial charge in [0.25, 0.3) is 17.5 Å². The van der Waals surface area contributed by atoms with Gasteiger partial charge in [-0.3, -0.25) is 30.3 Å². The molecule has 2 fully saturated rings. The van der Waals surface area contributed by atoms with Crippen LogP contribution in [0.1, 0.15) is 86.9 Å². The number of aliphatic hydroxyl groups excluding tert-OH is 1. The topological polar surface area (TPSA) is 230 Å². The number of rotatable bonds is 22. The van der Waals surface area contributed by atoms with Crippen molar-refractivity contribution in [2.45, 2.75) is 88.1 Å². The smallest absolute Gasteiger partial charge is 0.412 e. The minimum Gasteiger partial charge on any atom is -0.493 e. The summed E-state index contributed by atoms with van der Waals surface area (Å²) in [6, 6.07) is 8.61. The first-order chi connectivity index (χ1) is 32.4. The number of anilines is 2. The molecular weight excluding hydrogens is 921 g/mol. The molecule has 2 aliphatic heterocycles. The number of carbonyl (C=O) groups excluding carboxylic acids is 4. The number of unbranched alkanes of at least 4 members (excludes halogenated alkanes) is 2. The molecule has 0 bridgehead atoms. The highest BCUT2D eigenvalue weighted by molar-refractivity contribution is 8.76. The Balaban J connectivity index is 1.19. The molecule has 0 spiro atoms. The van der Waals surface area contributed by atoms with Gasteiger partial charge in [0.2, 0.25) is 0 Å². The number of nitro groups is 1. The maximum Gasteiger partial charge on any atom is 0.412 e. The van der Waals surface area contributed by atoms with Crippen LogP contribution < -0.4 is 29.6 Å². The second-order valence-electron chi connectivity index (χ2n) is 17.1. The largest absolute Gasteiger partial charge is 0.493 e. The maximum atomic E-state index is 13.8. The number of nitrogens with zero attached hydrogens (tertiary/aromatic N) is 4. The van der Waals surface area contributed by atoms with E-state index >= 15 is 0 Å². The highest BCUT2D eigenvalue weighted by Crippen LogP contribution is 2.38. The van der Waals surface area contributed by atoms with Crippen LogP contribution in [-0.4, -0.2) is 126 Å². The lowest BCUT2D eigenvalue weighted by molar-refractivity contribution is -0.385. The van der Waals surface area contributed by atoms with Crippen molar-refractivity contribution in [3.63, 3.8) is 0 Å². The molecule has 0 saturated carbocycles. The zero-order chi connectivity index (χ0) is 49.5. The third-order valence-corrected chi connectivity index (χ3v) is 13.4. The van der Waals surface area contributed by atoms with E-state index in [0.29, 0.717) is 68.1 Å². The van der Waals surface area contributed by atoms with Crippen LogP contribution in [0.3, 0.4) is 0 Å². The van der Waals surface area contributed by atoms with Gasteiger partial charge in [0.1, 0.15) is 16.8 Å². The number of ether oxygens (including phenoxy) is 6. The van der Waals surface area contributed by atoms with Crippen molar-refractivity contribution in [1.82, 2.24) is 14.8 Å². The van der Waals surface area contributed by atoms with Crippen LogP contribution in [0.15, 0.2) is 71.9 Å². The molecule has 3 aromatic rings. The molecule has 19 nitrogen and oxygen atoms in total. The van der Waals surface area contributed by atoms with Crippen molar-refractivity contribution >= 4 is 62.7 Å². The maximum absolute atomic E-state index is 13.8. The standard InChI is InChI=1S/C47H60N6O13S2/c1-29-14-16-51(26-29)43(55)34-21-38(61-7)40(23-36(34)49-45(57)65-19-15-31(3)67-68-42-13-12-32(25-48-42)53(59)60)63-17-10-9-11-18-64-41-24-37(50-46(58)66-47(4,5)6)35(22-39(41)62-8)44(56)52-27-30(2)20-33(52)28-54/h12-13,21-25,31,33,54H,1-2,9-11,14-20,26-28H2,3-8H3,(H,49,57)(H,50,58). The van der Waals surface area contributed by atoms with Crippen LogP contribution in [-0.2, 0) is 9.47 Å². The highest BCUT2D eigenvalue weighted by Gasteiger charge is 2.34. The van der Waals surface area contributed by atoms with Crippen molar-refractivity contribution in [3.05, 3.63) is 88.1 Å². The fraction of sp³-hybridized carbons (Fsp3) is 0.468. The van der Waals surface area contributed by atoms with Gasteiger partial charge < -0.3 is 43.3 Å². The van der Waals surface area contributed by atoms with E-state index in [1.165, 1.54) is 71.2 Å². The van der Waals surface area contributed by atoms with E-state index in [-0.39, 0.29) is 83.8 Å². The normalized spacial score (nSPS) is 15.1. The quantitative estimate of drug-likeness (QED) is 0.0280. The molecule has 0 radical (unpaired) electrons. The number of aromatic nitrogens is 1. The third-order valence-electron chi connectivity index (χ3n) is 10.5. The van der Waals surface area contributed by atoms with E-state index in [4.69, 9.17) is 28.4 Å². The number of amides is 4. The van der Waals surface area contributed by atoms with Crippen LogP contribution in [0.25, 0.3) is 0 Å². The van der Waals surface area contributed by atoms with E-state index in [2.05, 4.69) is 28.8 Å². The van der Waals surface area contributed by atoms with Crippen molar-refractivity contribution in [2.75, 3.05) is 70.9 Å². The van der Waals surface area contributed by atoms with Gasteiger partial charge in [-0.1, -0.05) is 42.0 Å². The fourth-order valence-corrected chi connectivity index (χ4v) is 9.10. The van der Waals surface area contributed by atoms with Crippen molar-refractivity contribution < 1.29 is 57.6 Å². The third kappa shape index (κ3) is 15.2. The average Bonchev–Trinajstić information content (AvgIpc) is 3.91. The van der Waals surface area contributed by atoms with Crippen LogP contribution >= 0.6 is 21.6 Å². The Hall–Kier alpha value is -6.19. The summed E-state index contributed by atoms with van der Waals surface area (Å²) < 4.78 is 34.5. The van der Waals surface area contributed by atoms with Crippen LogP contribution in [0.5, 0.6) is 23.0 Å². The van der Waals surface area contributed by atoms with Crippen molar-refractivity contribution in [2.24, 2.45) is 0 Å². The summed E-state index contributed by atoms with van der Waals surface area (Å²) >= 11 is 0. The molecule has 0 aliphatic carbocycles. The predicted molar refractivity (Wildman–Crippen MR) is 259 cm³/mol. The molecule has 4 amide bonds. The molecule has 21 heteroatoms. The number of hydrogen-bond donors (Lipinski definition) is 3. The molecule has 5 rings (SSSR count). The summed E-state index contributed by atoms with van der Waals surface area (Å²) in [5, 5.41) is 26.9. The van der Waals surface area contributed by atoms with E-state index in [0.717, 1.165) is 11.1 Å². The SMILES string of the molecule is C=C1CCN(C(=O)c2cc(OC)c(OCCCCCOc3cc(NC(=O)OC(C)(C)C)c(C(=O)N4CC(=C)CC4CO)cc3OC)cc2NC(=O)OCCC(C)SSc2ccc([N+](=O)[O-])cn2)C1. The number of aliphatic hydroxyl groups is 1. The molecule has 2 saturated heterocycles. The van der Waals surface area contributed by atoms with E-state index in [9.17, 15) is 34.4 Å². The van der Waals surface area contributed by atoms with Gasteiger partial charge in [-0.15, -0.1) is 0 Å². The van der Waals surface area contributed by atoms with E-state index in [1.807, 2.05) is 6.92 Å². The van der Waals surface area contributed by atoms with Gasteiger partial charge in [0.15, 0.2) is 23.0 Å². The molecule has 2 unspecified atom stereocenters. The molecule has 3 N–H and O–H groups in total. The number of pyridine rings is 1. The van der Waals surface area contributed by atoms with Crippen molar-refractivity contribution in [3.8, 4) is 23.0 Å². The molecule has 2 aliphatic rings. The highest BCUT2D eigenvalue weighted by atomic mass is 33.1. The van der Waals surface area contributed by atoms with Gasteiger partial charge in [-0.05, 0) is 88.3 Å². The van der Waals surface area contributed by atoms with E-state index < -0.39 is 34.7 Å². The summed E-state index contributed by atoms with van der Waals surface area (Å²) in [6.45, 7) is 16.6. The fourth-order valence-electron chi connectivity index (χ4n) is 7.06. The predicted octanol–water partition coefficient (Wildman–Crippen LogP) is 8.91. The summed E-state index contributed by atoms with van der Waals surface area (Å²) in [5.74, 6) is 0.415. The molecular formula is C47H60N6O13S2. The molecule has 68 heavy (non-hydrogen) atoms. The minimum atomic E-state index is -0.802. The second-order valence-corrected chi connectivity index (χ2v) is 19.7. The summed E-state index contributed by atoms with van der Waals surface area (Å²) in [7, 11) is 5.75. The number of benzene rings is 2. The Bertz CT molecular complexity index is 2320. The number of methoxy groups -OCH3 is 2.